The van der Waals surface area contributed by atoms with Crippen molar-refractivity contribution in [3.8, 4) is 0 Å². The van der Waals surface area contributed by atoms with Gasteiger partial charge in [0, 0.05) is 23.5 Å². The topological polar surface area (TPSA) is 29.1 Å². The Kier molecular flexibility index (Phi) is 5.17. The van der Waals surface area contributed by atoms with Crippen molar-refractivity contribution in [3.63, 3.8) is 0 Å². The molecule has 0 spiro atoms. The van der Waals surface area contributed by atoms with E-state index in [-0.39, 0.29) is 5.91 Å². The lowest BCUT2D eigenvalue weighted by molar-refractivity contribution is -0.128. The van der Waals surface area contributed by atoms with Gasteiger partial charge in [-0.15, -0.1) is 11.8 Å². The van der Waals surface area contributed by atoms with E-state index in [4.69, 9.17) is 0 Å². The van der Waals surface area contributed by atoms with Gasteiger partial charge in [0.2, 0.25) is 5.91 Å². The Bertz CT molecular complexity index is 591. The van der Waals surface area contributed by atoms with Crippen LogP contribution in [-0.4, -0.2) is 11.9 Å². The average Bonchev–Trinajstić information content (AvgIpc) is 2.54. The number of carbonyl (C=O) groups is 1. The summed E-state index contributed by atoms with van der Waals surface area (Å²) in [6, 6.07) is 21.7. The van der Waals surface area contributed by atoms with E-state index in [0.29, 0.717) is 17.7 Å². The maximum atomic E-state index is 11.0. The van der Waals surface area contributed by atoms with Gasteiger partial charge in [-0.3, -0.25) is 4.79 Å². The molecule has 2 atom stereocenters. The number of hydrogen-bond donors (Lipinski definition) is 1. The van der Waals surface area contributed by atoms with Crippen molar-refractivity contribution in [1.82, 2.24) is 5.32 Å². The summed E-state index contributed by atoms with van der Waals surface area (Å²) in [6.07, 6.45) is 2.87. The van der Waals surface area contributed by atoms with Crippen LogP contribution in [0.25, 0.3) is 0 Å². The molecule has 1 saturated heterocycles. The minimum absolute atomic E-state index is 0.193. The summed E-state index contributed by atoms with van der Waals surface area (Å²) in [5, 5.41) is 3.46. The molecule has 1 N–H and O–H groups in total. The monoisotopic (exact) mass is 311 g/mol. The van der Waals surface area contributed by atoms with Gasteiger partial charge in [-0.2, -0.15) is 0 Å². The lowest BCUT2D eigenvalue weighted by Gasteiger charge is -2.28. The Balaban J connectivity index is 1.59. The first-order valence-corrected chi connectivity index (χ1v) is 8.86. The summed E-state index contributed by atoms with van der Waals surface area (Å²) in [5.74, 6) is 1.22. The predicted molar refractivity (Wildman–Crippen MR) is 92.7 cm³/mol. The van der Waals surface area contributed by atoms with E-state index >= 15 is 0 Å². The van der Waals surface area contributed by atoms with E-state index in [0.717, 1.165) is 18.6 Å². The zero-order valence-electron chi connectivity index (χ0n) is 12.6. The molecule has 2 aromatic carbocycles. The van der Waals surface area contributed by atoms with Crippen molar-refractivity contribution in [2.24, 2.45) is 0 Å². The summed E-state index contributed by atoms with van der Waals surface area (Å²) < 4.78 is 0. The van der Waals surface area contributed by atoms with Gasteiger partial charge in [0.1, 0.15) is 0 Å². The van der Waals surface area contributed by atoms with Gasteiger partial charge in [-0.1, -0.05) is 60.7 Å². The average molecular weight is 311 g/mol. The number of β-lactam (4-membered cyclic amide) rings is 1. The van der Waals surface area contributed by atoms with Crippen LogP contribution < -0.4 is 5.32 Å². The van der Waals surface area contributed by atoms with Crippen molar-refractivity contribution >= 4 is 17.7 Å². The highest BCUT2D eigenvalue weighted by Crippen LogP contribution is 2.36. The number of thioether (sulfide) groups is 1. The van der Waals surface area contributed by atoms with Crippen LogP contribution in [-0.2, 0) is 10.5 Å². The standard InChI is InChI=1S/C19H21NOS/c21-19-13-17(20-19)11-12-18(16-9-5-2-6-10-16)22-14-15-7-3-1-4-8-15/h1-10,17-18H,11-14H2,(H,20,21). The Morgan fingerprint density at radius 3 is 2.32 bits per heavy atom. The largest absolute Gasteiger partial charge is 0.353 e. The van der Waals surface area contributed by atoms with Crippen molar-refractivity contribution < 1.29 is 4.79 Å². The normalized spacial score (nSPS) is 18.4. The highest BCUT2D eigenvalue weighted by atomic mass is 32.2. The van der Waals surface area contributed by atoms with Gasteiger partial charge in [0.25, 0.3) is 0 Å². The van der Waals surface area contributed by atoms with E-state index in [2.05, 4.69) is 66.0 Å². The number of benzene rings is 2. The van der Waals surface area contributed by atoms with Crippen LogP contribution in [0.2, 0.25) is 0 Å². The van der Waals surface area contributed by atoms with E-state index in [9.17, 15) is 4.79 Å². The summed E-state index contributed by atoms with van der Waals surface area (Å²) in [5.41, 5.74) is 2.75. The first-order valence-electron chi connectivity index (χ1n) is 7.81. The second kappa shape index (κ2) is 7.50. The van der Waals surface area contributed by atoms with Gasteiger partial charge < -0.3 is 5.32 Å². The predicted octanol–water partition coefficient (Wildman–Crippen LogP) is 4.33. The summed E-state index contributed by atoms with van der Waals surface area (Å²) in [4.78, 5) is 11.0. The molecule has 3 rings (SSSR count). The van der Waals surface area contributed by atoms with Gasteiger partial charge >= 0.3 is 0 Å². The van der Waals surface area contributed by atoms with Crippen molar-refractivity contribution in [2.45, 2.75) is 36.3 Å². The fourth-order valence-electron chi connectivity index (χ4n) is 2.74. The minimum Gasteiger partial charge on any atom is -0.353 e. The first-order chi connectivity index (χ1) is 10.8. The molecule has 1 amide bonds. The van der Waals surface area contributed by atoms with Crippen LogP contribution in [0, 0.1) is 0 Å². The van der Waals surface area contributed by atoms with Crippen molar-refractivity contribution in [1.29, 1.82) is 0 Å². The van der Waals surface area contributed by atoms with E-state index < -0.39 is 0 Å². The maximum Gasteiger partial charge on any atom is 0.222 e. The molecule has 0 aliphatic carbocycles. The molecule has 1 aliphatic rings. The molecule has 1 aliphatic heterocycles. The second-order valence-electron chi connectivity index (χ2n) is 5.74. The van der Waals surface area contributed by atoms with Crippen LogP contribution in [0.4, 0.5) is 0 Å². The van der Waals surface area contributed by atoms with Gasteiger partial charge in [-0.05, 0) is 24.0 Å². The molecular weight excluding hydrogens is 290 g/mol. The van der Waals surface area contributed by atoms with Crippen LogP contribution >= 0.6 is 11.8 Å². The molecule has 114 valence electrons. The highest BCUT2D eigenvalue weighted by Gasteiger charge is 2.26. The number of amides is 1. The van der Waals surface area contributed by atoms with Crippen LogP contribution in [0.1, 0.15) is 35.6 Å². The summed E-state index contributed by atoms with van der Waals surface area (Å²) in [7, 11) is 0. The first kappa shape index (κ1) is 15.2. The zero-order chi connectivity index (χ0) is 15.2. The van der Waals surface area contributed by atoms with Crippen LogP contribution in [0.3, 0.4) is 0 Å². The Morgan fingerprint density at radius 1 is 1.05 bits per heavy atom. The van der Waals surface area contributed by atoms with Gasteiger partial charge in [-0.25, -0.2) is 0 Å². The SMILES string of the molecule is O=C1CC(CCC(SCc2ccccc2)c2ccccc2)N1. The molecule has 22 heavy (non-hydrogen) atoms. The van der Waals surface area contributed by atoms with Crippen LogP contribution in [0.15, 0.2) is 60.7 Å². The number of hydrogen-bond acceptors (Lipinski definition) is 2. The van der Waals surface area contributed by atoms with Gasteiger partial charge in [0.15, 0.2) is 0 Å². The van der Waals surface area contributed by atoms with Crippen molar-refractivity contribution in [3.05, 3.63) is 71.8 Å². The second-order valence-corrected chi connectivity index (χ2v) is 6.93. The van der Waals surface area contributed by atoms with E-state index in [1.807, 2.05) is 11.8 Å². The molecule has 1 fully saturated rings. The molecular formula is C19H21NOS. The van der Waals surface area contributed by atoms with E-state index in [1.165, 1.54) is 11.1 Å². The number of rotatable bonds is 7. The third-order valence-electron chi connectivity index (χ3n) is 4.04. The molecule has 0 radical (unpaired) electrons. The molecule has 0 aromatic heterocycles. The smallest absolute Gasteiger partial charge is 0.222 e. The molecule has 0 saturated carbocycles. The lowest BCUT2D eigenvalue weighted by Crippen LogP contribution is -2.48. The molecule has 2 unspecified atom stereocenters. The lowest BCUT2D eigenvalue weighted by atomic mass is 9.97. The fraction of sp³-hybridized carbons (Fsp3) is 0.316. The summed E-state index contributed by atoms with van der Waals surface area (Å²) >= 11 is 1.99. The molecule has 2 nitrogen and oxygen atoms in total. The number of carbonyl (C=O) groups excluding carboxylic acids is 1. The van der Waals surface area contributed by atoms with E-state index in [1.54, 1.807) is 0 Å². The fourth-order valence-corrected chi connectivity index (χ4v) is 3.98. The Morgan fingerprint density at radius 2 is 1.68 bits per heavy atom. The van der Waals surface area contributed by atoms with Crippen molar-refractivity contribution in [2.75, 3.05) is 0 Å². The van der Waals surface area contributed by atoms with Crippen LogP contribution in [0.5, 0.6) is 0 Å². The Labute approximate surface area is 136 Å². The zero-order valence-corrected chi connectivity index (χ0v) is 13.4. The molecule has 0 bridgehead atoms. The highest BCUT2D eigenvalue weighted by molar-refractivity contribution is 7.98. The molecule has 2 aromatic rings. The minimum atomic E-state index is 0.193. The summed E-state index contributed by atoms with van der Waals surface area (Å²) in [6.45, 7) is 0. The maximum absolute atomic E-state index is 11.0. The quantitative estimate of drug-likeness (QED) is 0.771. The Hall–Kier alpha value is -1.74. The third kappa shape index (κ3) is 4.14. The molecule has 3 heteroatoms. The third-order valence-corrected chi connectivity index (χ3v) is 5.45. The number of nitrogens with one attached hydrogen (secondary N) is 1. The van der Waals surface area contributed by atoms with Gasteiger partial charge in [0.05, 0.1) is 0 Å². The molecule has 1 heterocycles.